The average Bonchev–Trinajstić information content (AvgIpc) is 2.27. The molecule has 0 aliphatic heterocycles. The van der Waals surface area contributed by atoms with Gasteiger partial charge in [-0.3, -0.25) is 0 Å². The Hall–Kier alpha value is -1.24. The number of carbonyl (C=O) groups is 1. The van der Waals surface area contributed by atoms with Crippen LogP contribution in [0.2, 0.25) is 0 Å². The molecule has 1 aromatic heterocycles. The van der Waals surface area contributed by atoms with Gasteiger partial charge in [-0.25, -0.2) is 18.6 Å². The summed E-state index contributed by atoms with van der Waals surface area (Å²) in [5.74, 6) is -0.875. The molecule has 0 bridgehead atoms. The zero-order chi connectivity index (χ0) is 13.0. The van der Waals surface area contributed by atoms with Crippen molar-refractivity contribution in [3.63, 3.8) is 0 Å². The van der Waals surface area contributed by atoms with Crippen LogP contribution in [0.5, 0.6) is 5.75 Å². The Kier molecular flexibility index (Phi) is 4.80. The van der Waals surface area contributed by atoms with Crippen LogP contribution in [-0.2, 0) is 4.74 Å². The average molecular weight is 310 g/mol. The number of ether oxygens (including phenoxy) is 2. The van der Waals surface area contributed by atoms with E-state index >= 15 is 0 Å². The van der Waals surface area contributed by atoms with Crippen molar-refractivity contribution in [1.29, 1.82) is 0 Å². The number of alkyl halides is 2. The molecule has 0 radical (unpaired) electrons. The van der Waals surface area contributed by atoms with Crippen LogP contribution in [0.1, 0.15) is 29.4 Å². The van der Waals surface area contributed by atoms with Crippen molar-refractivity contribution < 1.29 is 23.0 Å². The van der Waals surface area contributed by atoms with Gasteiger partial charge in [0.25, 0.3) is 6.43 Å². The first-order chi connectivity index (χ1) is 8.01. The van der Waals surface area contributed by atoms with Gasteiger partial charge in [-0.15, -0.1) is 0 Å². The smallest absolute Gasteiger partial charge is 0.344 e. The first kappa shape index (κ1) is 13.8. The summed E-state index contributed by atoms with van der Waals surface area (Å²) in [5.41, 5.74) is -0.998. The van der Waals surface area contributed by atoms with Gasteiger partial charge in [0, 0.05) is 6.07 Å². The fraction of sp³-hybridized carbons (Fsp3) is 0.400. The lowest BCUT2D eigenvalue weighted by Crippen LogP contribution is -2.12. The molecule has 1 heterocycles. The summed E-state index contributed by atoms with van der Waals surface area (Å²) in [7, 11) is 1.28. The molecule has 0 saturated carbocycles. The summed E-state index contributed by atoms with van der Waals surface area (Å²) in [6.45, 7) is 1.67. The normalized spacial score (nSPS) is 10.5. The zero-order valence-corrected chi connectivity index (χ0v) is 10.8. The Labute approximate surface area is 105 Å². The number of nitrogens with zero attached hydrogens (tertiary/aromatic N) is 1. The van der Waals surface area contributed by atoms with Gasteiger partial charge in [-0.05, 0) is 22.9 Å². The molecule has 0 fully saturated rings. The van der Waals surface area contributed by atoms with Crippen LogP contribution in [-0.4, -0.2) is 24.7 Å². The van der Waals surface area contributed by atoms with Crippen molar-refractivity contribution in [2.45, 2.75) is 13.3 Å². The minimum atomic E-state index is -2.89. The van der Waals surface area contributed by atoms with Crippen LogP contribution in [0.25, 0.3) is 0 Å². The topological polar surface area (TPSA) is 48.4 Å². The maximum atomic E-state index is 12.8. The Morgan fingerprint density at radius 2 is 2.24 bits per heavy atom. The third kappa shape index (κ3) is 3.12. The van der Waals surface area contributed by atoms with Crippen LogP contribution < -0.4 is 4.74 Å². The lowest BCUT2D eigenvalue weighted by atomic mass is 10.2. The van der Waals surface area contributed by atoms with E-state index in [9.17, 15) is 13.6 Å². The molecule has 1 aromatic rings. The van der Waals surface area contributed by atoms with Crippen LogP contribution in [0.3, 0.4) is 0 Å². The number of hydrogen-bond donors (Lipinski definition) is 0. The number of halogens is 3. The van der Waals surface area contributed by atoms with Gasteiger partial charge in [-0.2, -0.15) is 0 Å². The number of carbonyl (C=O) groups excluding carboxylic acids is 1. The highest BCUT2D eigenvalue weighted by atomic mass is 79.9. The molecule has 0 saturated heterocycles. The minimum absolute atomic E-state index is 0.000579. The molecule has 0 aliphatic carbocycles. The summed E-state index contributed by atoms with van der Waals surface area (Å²) in [4.78, 5) is 15.1. The molecular weight excluding hydrogens is 300 g/mol. The quantitative estimate of drug-likeness (QED) is 0.634. The van der Waals surface area contributed by atoms with Gasteiger partial charge in [0.2, 0.25) is 0 Å². The van der Waals surface area contributed by atoms with Gasteiger partial charge in [-0.1, -0.05) is 0 Å². The van der Waals surface area contributed by atoms with Crippen molar-refractivity contribution in [3.8, 4) is 5.75 Å². The summed E-state index contributed by atoms with van der Waals surface area (Å²) in [5, 5.41) is 0. The third-order valence-corrected chi connectivity index (χ3v) is 2.29. The first-order valence-corrected chi connectivity index (χ1v) is 5.50. The van der Waals surface area contributed by atoms with E-state index < -0.39 is 18.1 Å². The lowest BCUT2D eigenvalue weighted by molar-refractivity contribution is 0.0509. The molecule has 0 amide bonds. The fourth-order valence-electron chi connectivity index (χ4n) is 1.24. The van der Waals surface area contributed by atoms with Crippen molar-refractivity contribution in [3.05, 3.63) is 21.9 Å². The van der Waals surface area contributed by atoms with Gasteiger partial charge >= 0.3 is 5.97 Å². The van der Waals surface area contributed by atoms with E-state index in [1.165, 1.54) is 13.2 Å². The maximum Gasteiger partial charge on any atom is 0.344 e. The van der Waals surface area contributed by atoms with E-state index in [1.807, 2.05) is 0 Å². The monoisotopic (exact) mass is 309 g/mol. The molecule has 0 N–H and O–H groups in total. The van der Waals surface area contributed by atoms with Crippen LogP contribution in [0.4, 0.5) is 8.78 Å². The number of methoxy groups -OCH3 is 1. The largest absolute Gasteiger partial charge is 0.496 e. The Morgan fingerprint density at radius 3 is 2.71 bits per heavy atom. The molecule has 94 valence electrons. The second-order valence-electron chi connectivity index (χ2n) is 2.93. The predicted molar refractivity (Wildman–Crippen MR) is 59.4 cm³/mol. The van der Waals surface area contributed by atoms with Gasteiger partial charge in [0.1, 0.15) is 21.6 Å². The van der Waals surface area contributed by atoms with Crippen LogP contribution >= 0.6 is 15.9 Å². The SMILES string of the molecule is CCOC(=O)c1c(OC)cc(Br)nc1C(F)F. The molecule has 4 nitrogen and oxygen atoms in total. The number of hydrogen-bond acceptors (Lipinski definition) is 4. The summed E-state index contributed by atoms with van der Waals surface area (Å²) in [6.07, 6.45) is -2.89. The molecule has 0 aromatic carbocycles. The predicted octanol–water partition coefficient (Wildman–Crippen LogP) is 2.97. The van der Waals surface area contributed by atoms with E-state index in [1.54, 1.807) is 6.92 Å². The van der Waals surface area contributed by atoms with Crippen molar-refractivity contribution in [1.82, 2.24) is 4.98 Å². The molecular formula is C10H10BrF2NO3. The van der Waals surface area contributed by atoms with Crippen LogP contribution in [0.15, 0.2) is 10.7 Å². The summed E-state index contributed by atoms with van der Waals surface area (Å²) >= 11 is 2.97. The fourth-order valence-corrected chi connectivity index (χ4v) is 1.64. The minimum Gasteiger partial charge on any atom is -0.496 e. The summed E-state index contributed by atoms with van der Waals surface area (Å²) < 4.78 is 35.3. The van der Waals surface area contributed by atoms with E-state index in [-0.39, 0.29) is 22.5 Å². The highest BCUT2D eigenvalue weighted by Crippen LogP contribution is 2.31. The molecule has 17 heavy (non-hydrogen) atoms. The van der Waals surface area contributed by atoms with Crippen molar-refractivity contribution in [2.24, 2.45) is 0 Å². The van der Waals surface area contributed by atoms with E-state index in [2.05, 4.69) is 20.9 Å². The van der Waals surface area contributed by atoms with Gasteiger partial charge in [0.15, 0.2) is 0 Å². The van der Waals surface area contributed by atoms with E-state index in [0.717, 1.165) is 0 Å². The van der Waals surface area contributed by atoms with Crippen LogP contribution in [0, 0.1) is 0 Å². The Balaban J connectivity index is 3.36. The van der Waals surface area contributed by atoms with Gasteiger partial charge < -0.3 is 9.47 Å². The van der Waals surface area contributed by atoms with Crippen molar-refractivity contribution in [2.75, 3.05) is 13.7 Å². The number of rotatable bonds is 4. The van der Waals surface area contributed by atoms with Crippen molar-refractivity contribution >= 4 is 21.9 Å². The second-order valence-corrected chi connectivity index (χ2v) is 3.74. The maximum absolute atomic E-state index is 12.8. The number of esters is 1. The molecule has 1 rings (SSSR count). The second kappa shape index (κ2) is 5.90. The number of pyridine rings is 1. The first-order valence-electron chi connectivity index (χ1n) is 4.71. The number of aromatic nitrogens is 1. The molecule has 7 heteroatoms. The summed E-state index contributed by atoms with van der Waals surface area (Å²) in [6, 6.07) is 1.33. The Bertz CT molecular complexity index is 426. The zero-order valence-electron chi connectivity index (χ0n) is 9.17. The highest BCUT2D eigenvalue weighted by Gasteiger charge is 2.26. The lowest BCUT2D eigenvalue weighted by Gasteiger charge is -2.12. The molecule has 0 spiro atoms. The van der Waals surface area contributed by atoms with E-state index in [4.69, 9.17) is 9.47 Å². The third-order valence-electron chi connectivity index (χ3n) is 1.89. The molecule has 0 atom stereocenters. The highest BCUT2D eigenvalue weighted by molar-refractivity contribution is 9.10. The standard InChI is InChI=1S/C10H10BrF2NO3/c1-3-17-10(15)7-5(16-2)4-6(11)14-8(7)9(12)13/h4,9H,3H2,1-2H3. The van der Waals surface area contributed by atoms with Gasteiger partial charge in [0.05, 0.1) is 13.7 Å². The van der Waals surface area contributed by atoms with E-state index in [0.29, 0.717) is 0 Å². The Morgan fingerprint density at radius 1 is 1.59 bits per heavy atom. The molecule has 0 aliphatic rings. The molecule has 0 unspecified atom stereocenters.